The molecule has 4 nitrogen and oxygen atoms in total. The molecule has 0 unspecified atom stereocenters. The maximum Gasteiger partial charge on any atom is 0.287 e. The molecule has 1 amide bonds. The van der Waals surface area contributed by atoms with Crippen LogP contribution in [-0.2, 0) is 9.59 Å². The molecule has 68 valence electrons. The van der Waals surface area contributed by atoms with Crippen molar-refractivity contribution in [3.8, 4) is 0 Å². The fraction of sp³-hybridized carbons (Fsp3) is 0.750. The van der Waals surface area contributed by atoms with Gasteiger partial charge in [-0.2, -0.15) is 0 Å². The third-order valence-corrected chi connectivity index (χ3v) is 2.11. The van der Waals surface area contributed by atoms with Crippen LogP contribution in [0, 0.1) is 0 Å². The normalized spacial score (nSPS) is 33.8. The zero-order chi connectivity index (χ0) is 9.35. The Labute approximate surface area is 71.0 Å². The van der Waals surface area contributed by atoms with Gasteiger partial charge < -0.3 is 10.4 Å². The molecule has 12 heavy (non-hydrogen) atoms. The van der Waals surface area contributed by atoms with Gasteiger partial charge in [0.15, 0.2) is 0 Å². The standard InChI is InChI=1S/C8H13NO3/c1-5(10)7(12)9-8(2)3-6(11)4-8/h6,11H,3-4H2,1-2H3,(H,9,12). The van der Waals surface area contributed by atoms with E-state index in [0.29, 0.717) is 12.8 Å². The van der Waals surface area contributed by atoms with Crippen LogP contribution < -0.4 is 5.32 Å². The molecule has 0 spiro atoms. The minimum Gasteiger partial charge on any atom is -0.393 e. The smallest absolute Gasteiger partial charge is 0.287 e. The molecule has 0 saturated heterocycles. The number of aliphatic hydroxyl groups excluding tert-OH is 1. The highest BCUT2D eigenvalue weighted by atomic mass is 16.3. The van der Waals surface area contributed by atoms with Crippen LogP contribution >= 0.6 is 0 Å². The third-order valence-electron chi connectivity index (χ3n) is 2.11. The summed E-state index contributed by atoms with van der Waals surface area (Å²) in [5.74, 6) is -1.05. The molecule has 0 heterocycles. The van der Waals surface area contributed by atoms with E-state index >= 15 is 0 Å². The molecule has 1 fully saturated rings. The molecule has 1 aliphatic carbocycles. The van der Waals surface area contributed by atoms with E-state index in [1.165, 1.54) is 6.92 Å². The van der Waals surface area contributed by atoms with Crippen molar-refractivity contribution >= 4 is 11.7 Å². The summed E-state index contributed by atoms with van der Waals surface area (Å²) in [4.78, 5) is 21.5. The van der Waals surface area contributed by atoms with Crippen molar-refractivity contribution < 1.29 is 14.7 Å². The van der Waals surface area contributed by atoms with Crippen molar-refractivity contribution in [3.63, 3.8) is 0 Å². The number of carbonyl (C=O) groups excluding carboxylic acids is 2. The first-order valence-corrected chi connectivity index (χ1v) is 3.94. The average Bonchev–Trinajstić information content (AvgIpc) is 1.83. The molecular weight excluding hydrogens is 158 g/mol. The number of amides is 1. The molecule has 0 aromatic rings. The van der Waals surface area contributed by atoms with Crippen LogP contribution in [0.2, 0.25) is 0 Å². The van der Waals surface area contributed by atoms with Crippen LogP contribution in [0.3, 0.4) is 0 Å². The Morgan fingerprint density at radius 3 is 2.33 bits per heavy atom. The van der Waals surface area contributed by atoms with Gasteiger partial charge in [0.25, 0.3) is 5.91 Å². The molecule has 1 aliphatic rings. The Morgan fingerprint density at radius 1 is 1.50 bits per heavy atom. The Morgan fingerprint density at radius 2 is 2.00 bits per heavy atom. The highest BCUT2D eigenvalue weighted by Gasteiger charge is 2.40. The molecular formula is C8H13NO3. The second-order valence-corrected chi connectivity index (χ2v) is 3.63. The molecule has 2 N–H and O–H groups in total. The zero-order valence-electron chi connectivity index (χ0n) is 7.26. The van der Waals surface area contributed by atoms with E-state index in [4.69, 9.17) is 5.11 Å². The summed E-state index contributed by atoms with van der Waals surface area (Å²) in [5.41, 5.74) is -0.373. The molecule has 0 radical (unpaired) electrons. The first-order valence-electron chi connectivity index (χ1n) is 3.94. The predicted molar refractivity (Wildman–Crippen MR) is 42.5 cm³/mol. The summed E-state index contributed by atoms with van der Waals surface area (Å²) in [6.07, 6.45) is 0.736. The molecule has 1 rings (SSSR count). The summed E-state index contributed by atoms with van der Waals surface area (Å²) in [7, 11) is 0. The van der Waals surface area contributed by atoms with Gasteiger partial charge in [-0.05, 0) is 19.8 Å². The Bertz CT molecular complexity index is 218. The van der Waals surface area contributed by atoms with Crippen LogP contribution in [-0.4, -0.2) is 28.4 Å². The van der Waals surface area contributed by atoms with Crippen molar-refractivity contribution in [2.75, 3.05) is 0 Å². The number of rotatable bonds is 2. The van der Waals surface area contributed by atoms with E-state index < -0.39 is 11.7 Å². The molecule has 1 saturated carbocycles. The lowest BCUT2D eigenvalue weighted by Gasteiger charge is -2.42. The fourth-order valence-electron chi connectivity index (χ4n) is 1.44. The van der Waals surface area contributed by atoms with Crippen LogP contribution in [0.1, 0.15) is 26.7 Å². The summed E-state index contributed by atoms with van der Waals surface area (Å²) in [6.45, 7) is 3.05. The maximum absolute atomic E-state index is 10.9. The number of hydrogen-bond acceptors (Lipinski definition) is 3. The topological polar surface area (TPSA) is 66.4 Å². The van der Waals surface area contributed by atoms with Gasteiger partial charge in [-0.3, -0.25) is 9.59 Å². The summed E-state index contributed by atoms with van der Waals surface area (Å²) in [6, 6.07) is 0. The van der Waals surface area contributed by atoms with Crippen LogP contribution in [0.4, 0.5) is 0 Å². The van der Waals surface area contributed by atoms with Gasteiger partial charge in [-0.15, -0.1) is 0 Å². The summed E-state index contributed by atoms with van der Waals surface area (Å²) in [5, 5.41) is 11.6. The molecule has 0 bridgehead atoms. The fourth-order valence-corrected chi connectivity index (χ4v) is 1.44. The second-order valence-electron chi connectivity index (χ2n) is 3.63. The largest absolute Gasteiger partial charge is 0.393 e. The highest BCUT2D eigenvalue weighted by molar-refractivity contribution is 6.35. The zero-order valence-corrected chi connectivity index (χ0v) is 7.26. The Balaban J connectivity index is 2.42. The second kappa shape index (κ2) is 2.86. The minimum atomic E-state index is -0.565. The number of nitrogens with one attached hydrogen (secondary N) is 1. The van der Waals surface area contributed by atoms with Crippen molar-refractivity contribution in [1.29, 1.82) is 0 Å². The molecule has 0 aromatic heterocycles. The Hall–Kier alpha value is -0.900. The third kappa shape index (κ3) is 1.82. The van der Waals surface area contributed by atoms with Gasteiger partial charge >= 0.3 is 0 Å². The SMILES string of the molecule is CC(=O)C(=O)NC1(C)CC(O)C1. The van der Waals surface area contributed by atoms with Crippen LogP contribution in [0.15, 0.2) is 0 Å². The van der Waals surface area contributed by atoms with Crippen molar-refractivity contribution in [1.82, 2.24) is 5.32 Å². The van der Waals surface area contributed by atoms with E-state index in [1.807, 2.05) is 6.92 Å². The monoisotopic (exact) mass is 171 g/mol. The van der Waals surface area contributed by atoms with Crippen LogP contribution in [0.25, 0.3) is 0 Å². The quantitative estimate of drug-likeness (QED) is 0.556. The summed E-state index contributed by atoms with van der Waals surface area (Å²) >= 11 is 0. The molecule has 0 aliphatic heterocycles. The lowest BCUT2D eigenvalue weighted by atomic mass is 9.76. The minimum absolute atomic E-state index is 0.331. The Kier molecular flexibility index (Phi) is 2.19. The lowest BCUT2D eigenvalue weighted by Crippen LogP contribution is -2.58. The van der Waals surface area contributed by atoms with Gasteiger partial charge in [-0.25, -0.2) is 0 Å². The van der Waals surface area contributed by atoms with Crippen molar-refractivity contribution in [2.45, 2.75) is 38.3 Å². The van der Waals surface area contributed by atoms with E-state index in [0.717, 1.165) is 0 Å². The van der Waals surface area contributed by atoms with E-state index in [1.54, 1.807) is 0 Å². The first-order chi connectivity index (χ1) is 5.43. The van der Waals surface area contributed by atoms with Crippen molar-refractivity contribution in [2.24, 2.45) is 0 Å². The highest BCUT2D eigenvalue weighted by Crippen LogP contribution is 2.31. The molecule has 4 heteroatoms. The summed E-state index contributed by atoms with van der Waals surface area (Å²) < 4.78 is 0. The first kappa shape index (κ1) is 9.19. The van der Waals surface area contributed by atoms with Gasteiger partial charge in [0.1, 0.15) is 0 Å². The number of Topliss-reactive ketones (excluding diaryl/α,β-unsaturated/α-hetero) is 1. The van der Waals surface area contributed by atoms with Crippen molar-refractivity contribution in [3.05, 3.63) is 0 Å². The van der Waals surface area contributed by atoms with Crippen LogP contribution in [0.5, 0.6) is 0 Å². The lowest BCUT2D eigenvalue weighted by molar-refractivity contribution is -0.139. The predicted octanol–water partition coefficient (Wildman–Crippen LogP) is -0.395. The molecule has 0 atom stereocenters. The molecule has 0 aromatic carbocycles. The van der Waals surface area contributed by atoms with Gasteiger partial charge in [0.05, 0.1) is 6.10 Å². The maximum atomic E-state index is 10.9. The number of aliphatic hydroxyl groups is 1. The van der Waals surface area contributed by atoms with E-state index in [9.17, 15) is 9.59 Å². The van der Waals surface area contributed by atoms with E-state index in [2.05, 4.69) is 5.32 Å². The number of ketones is 1. The number of carbonyl (C=O) groups is 2. The van der Waals surface area contributed by atoms with Gasteiger partial charge in [-0.1, -0.05) is 0 Å². The number of hydrogen-bond donors (Lipinski definition) is 2. The van der Waals surface area contributed by atoms with E-state index in [-0.39, 0.29) is 11.6 Å². The average molecular weight is 171 g/mol. The van der Waals surface area contributed by atoms with Gasteiger partial charge in [0, 0.05) is 12.5 Å². The van der Waals surface area contributed by atoms with Gasteiger partial charge in [0.2, 0.25) is 5.78 Å².